The van der Waals surface area contributed by atoms with Gasteiger partial charge in [0.15, 0.2) is 0 Å². The lowest BCUT2D eigenvalue weighted by atomic mass is 10.1. The zero-order valence-electron chi connectivity index (χ0n) is 25.8. The van der Waals surface area contributed by atoms with Crippen LogP contribution in [0.5, 0.6) is 5.88 Å². The second kappa shape index (κ2) is 24.5. The maximum Gasteiger partial charge on any atom is 0.308 e. The monoisotopic (exact) mass is 702 g/mol. The van der Waals surface area contributed by atoms with Crippen molar-refractivity contribution in [1.29, 1.82) is 0 Å². The van der Waals surface area contributed by atoms with Gasteiger partial charge in [-0.1, -0.05) is 70.5 Å². The molecule has 276 valence electrons. The molecule has 0 aliphatic heterocycles. The van der Waals surface area contributed by atoms with Crippen LogP contribution in [-0.2, 0) is 32.4 Å². The Kier molecular flexibility index (Phi) is 28.1. The first-order valence-corrected chi connectivity index (χ1v) is 16.5. The molecule has 1 aliphatic carbocycles. The van der Waals surface area contributed by atoms with E-state index in [1.165, 1.54) is 0 Å². The standard InChI is InChI=1S/C16H17N3OS.C8H16O2.C6H13NO2S.6CH4/c1-11(2)20-16-14(7-8-15-17-9-10-21-15)18-12-5-3-4-6-13(12)19-16;1-6(2)7(9)10-8(3,4)5;1-5(2)7-10(8,9)6-3-4-6;;;;;;/h3-6,9-11H,7-8H2,1-2H3;6H,1-5H3;5-7H,3-4H2,1-2H3;6*1H4. The molecule has 0 unspecified atom stereocenters. The first-order chi connectivity index (χ1) is 19.1. The van der Waals surface area contributed by atoms with Gasteiger partial charge in [0.05, 0.1) is 33.3 Å². The number of hydrogen-bond acceptors (Lipinski definition) is 9. The van der Waals surface area contributed by atoms with Gasteiger partial charge in [-0.05, 0) is 73.4 Å². The average molecular weight is 703 g/mol. The molecule has 0 spiro atoms. The van der Waals surface area contributed by atoms with E-state index in [0.29, 0.717) is 5.88 Å². The van der Waals surface area contributed by atoms with Crippen molar-refractivity contribution in [3.63, 3.8) is 0 Å². The zero-order valence-corrected chi connectivity index (χ0v) is 27.4. The molecule has 1 aromatic carbocycles. The molecule has 1 aliphatic rings. The van der Waals surface area contributed by atoms with Gasteiger partial charge >= 0.3 is 5.97 Å². The minimum atomic E-state index is -2.94. The number of rotatable bonds is 9. The normalized spacial score (nSPS) is 11.7. The van der Waals surface area contributed by atoms with Gasteiger partial charge in [-0.15, -0.1) is 11.3 Å². The van der Waals surface area contributed by atoms with E-state index in [1.807, 2.05) is 98.2 Å². The van der Waals surface area contributed by atoms with E-state index in [1.54, 1.807) is 11.3 Å². The molecular weight excluding hydrogens is 633 g/mol. The number of nitrogens with zero attached hydrogens (tertiary/aromatic N) is 3. The molecule has 3 aromatic rings. The van der Waals surface area contributed by atoms with E-state index in [2.05, 4.69) is 14.7 Å². The van der Waals surface area contributed by atoms with Gasteiger partial charge < -0.3 is 9.47 Å². The van der Waals surface area contributed by atoms with Crippen molar-refractivity contribution >= 4 is 38.4 Å². The quantitative estimate of drug-likeness (QED) is 0.219. The fourth-order valence-corrected chi connectivity index (χ4v) is 5.55. The fourth-order valence-electron chi connectivity index (χ4n) is 3.33. The Morgan fingerprint density at radius 2 is 1.45 bits per heavy atom. The summed E-state index contributed by atoms with van der Waals surface area (Å²) in [5.41, 5.74) is 2.33. The number of nitrogens with one attached hydrogen (secondary N) is 1. The summed E-state index contributed by atoms with van der Waals surface area (Å²) < 4.78 is 35.6. The number of hydrogen-bond donors (Lipinski definition) is 1. The predicted octanol–water partition coefficient (Wildman–Crippen LogP) is 9.94. The number of carbonyl (C=O) groups excluding carboxylic acids is 1. The van der Waals surface area contributed by atoms with Crippen molar-refractivity contribution in [2.75, 3.05) is 0 Å². The van der Waals surface area contributed by atoms with Crippen LogP contribution in [-0.4, -0.2) is 52.3 Å². The number of aromatic nitrogens is 3. The Labute approximate surface area is 293 Å². The third kappa shape index (κ3) is 21.1. The van der Waals surface area contributed by atoms with Gasteiger partial charge in [0, 0.05) is 30.5 Å². The smallest absolute Gasteiger partial charge is 0.308 e. The number of aryl methyl sites for hydroxylation is 2. The zero-order chi connectivity index (χ0) is 30.8. The molecule has 0 amide bonds. The summed E-state index contributed by atoms with van der Waals surface area (Å²) in [7, 11) is -2.94. The van der Waals surface area contributed by atoms with Gasteiger partial charge in [-0.3, -0.25) is 4.79 Å². The molecule has 47 heavy (non-hydrogen) atoms. The molecule has 0 atom stereocenters. The van der Waals surface area contributed by atoms with Crippen LogP contribution >= 0.6 is 11.3 Å². The van der Waals surface area contributed by atoms with Crippen LogP contribution in [0.25, 0.3) is 11.0 Å². The highest BCUT2D eigenvalue weighted by molar-refractivity contribution is 7.90. The molecule has 0 radical (unpaired) electrons. The molecule has 4 rings (SSSR count). The molecule has 1 saturated carbocycles. The molecule has 9 nitrogen and oxygen atoms in total. The van der Waals surface area contributed by atoms with Crippen LogP contribution in [0.2, 0.25) is 0 Å². The van der Waals surface area contributed by atoms with Gasteiger partial charge in [0.2, 0.25) is 15.9 Å². The Hall–Kier alpha value is -2.63. The van der Waals surface area contributed by atoms with Crippen LogP contribution in [0, 0.1) is 5.92 Å². The summed E-state index contributed by atoms with van der Waals surface area (Å²) in [6, 6.07) is 7.91. The molecule has 1 N–H and O–H groups in total. The molecule has 2 heterocycles. The van der Waals surface area contributed by atoms with Crippen LogP contribution in [0.1, 0.15) is 130 Å². The van der Waals surface area contributed by atoms with Crippen LogP contribution in [0.15, 0.2) is 35.8 Å². The number of carbonyl (C=O) groups is 1. The summed E-state index contributed by atoms with van der Waals surface area (Å²) >= 11 is 1.67. The summed E-state index contributed by atoms with van der Waals surface area (Å²) in [5.74, 6) is 0.479. The average Bonchev–Trinajstić information content (AvgIpc) is 3.59. The number of fused-ring (bicyclic) bond motifs is 1. The van der Waals surface area contributed by atoms with E-state index < -0.39 is 10.0 Å². The molecule has 1 fully saturated rings. The lowest BCUT2D eigenvalue weighted by molar-refractivity contribution is -0.158. The summed E-state index contributed by atoms with van der Waals surface area (Å²) in [6.45, 7) is 16.9. The summed E-state index contributed by atoms with van der Waals surface area (Å²) in [4.78, 5) is 24.6. The second-order valence-corrected chi connectivity index (χ2v) is 14.7. The Morgan fingerprint density at radius 3 is 1.83 bits per heavy atom. The van der Waals surface area contributed by atoms with Crippen molar-refractivity contribution in [2.45, 2.75) is 156 Å². The van der Waals surface area contributed by atoms with Gasteiger partial charge in [-0.25, -0.2) is 28.1 Å². The summed E-state index contributed by atoms with van der Waals surface area (Å²) in [5, 5.41) is 3.02. The third-order valence-electron chi connectivity index (χ3n) is 5.25. The molecule has 0 saturated heterocycles. The Bertz CT molecular complexity index is 1330. The molecular formula is C36H70N4O5S2. The minimum Gasteiger partial charge on any atom is -0.474 e. The lowest BCUT2D eigenvalue weighted by Crippen LogP contribution is -2.32. The van der Waals surface area contributed by atoms with Gasteiger partial charge in [-0.2, -0.15) is 0 Å². The SMILES string of the molecule is C.C.C.C.C.C.CC(C)C(=O)OC(C)(C)C.CC(C)NS(=O)(=O)C1CC1.CC(C)Oc1nc2ccccc2nc1CCc1nccs1. The predicted molar refractivity (Wildman–Crippen MR) is 206 cm³/mol. The number of ether oxygens (including phenoxy) is 2. The van der Waals surface area contributed by atoms with Crippen molar-refractivity contribution in [3.8, 4) is 5.88 Å². The fraction of sp³-hybridized carbons (Fsp3) is 0.667. The largest absolute Gasteiger partial charge is 0.474 e. The first kappa shape index (κ1) is 53.8. The molecule has 11 heteroatoms. The topological polar surface area (TPSA) is 120 Å². The number of sulfonamides is 1. The maximum atomic E-state index is 11.1. The minimum absolute atomic E-state index is 0. The third-order valence-corrected chi connectivity index (χ3v) is 8.24. The number of para-hydroxylation sites is 2. The first-order valence-electron chi connectivity index (χ1n) is 14.1. The van der Waals surface area contributed by atoms with Crippen molar-refractivity contribution in [2.24, 2.45) is 5.92 Å². The van der Waals surface area contributed by atoms with E-state index in [0.717, 1.165) is 47.4 Å². The van der Waals surface area contributed by atoms with Crippen molar-refractivity contribution in [3.05, 3.63) is 46.5 Å². The highest BCUT2D eigenvalue weighted by Gasteiger charge is 2.35. The van der Waals surface area contributed by atoms with Gasteiger partial charge in [0.25, 0.3) is 0 Å². The number of benzene rings is 1. The lowest BCUT2D eigenvalue weighted by Gasteiger charge is -2.20. The van der Waals surface area contributed by atoms with E-state index in [-0.39, 0.29) is 79.4 Å². The highest BCUT2D eigenvalue weighted by atomic mass is 32.2. The maximum absolute atomic E-state index is 11.1. The van der Waals surface area contributed by atoms with E-state index in [9.17, 15) is 13.2 Å². The molecule has 0 bridgehead atoms. The van der Waals surface area contributed by atoms with Crippen molar-refractivity contribution < 1.29 is 22.7 Å². The summed E-state index contributed by atoms with van der Waals surface area (Å²) in [6.07, 6.45) is 5.23. The van der Waals surface area contributed by atoms with Crippen molar-refractivity contribution in [1.82, 2.24) is 19.7 Å². The number of thiazole rings is 1. The Morgan fingerprint density at radius 1 is 0.915 bits per heavy atom. The second-order valence-electron chi connectivity index (χ2n) is 11.8. The van der Waals surface area contributed by atoms with Crippen LogP contribution in [0.3, 0.4) is 0 Å². The van der Waals surface area contributed by atoms with Crippen LogP contribution in [0.4, 0.5) is 0 Å². The molecule has 2 aromatic heterocycles. The van der Waals surface area contributed by atoms with Gasteiger partial charge in [0.1, 0.15) is 11.3 Å². The highest BCUT2D eigenvalue weighted by Crippen LogP contribution is 2.27. The van der Waals surface area contributed by atoms with E-state index in [4.69, 9.17) is 14.5 Å². The van der Waals surface area contributed by atoms with E-state index >= 15 is 0 Å². The van der Waals surface area contributed by atoms with Crippen LogP contribution < -0.4 is 9.46 Å². The Balaban J connectivity index is -0.000000196. The number of esters is 1.